The fraction of sp³-hybridized carbons (Fsp3) is 0.0556. The molecule has 2 aromatic rings. The van der Waals surface area contributed by atoms with Crippen molar-refractivity contribution in [3.8, 4) is 0 Å². The molecule has 0 fully saturated rings. The van der Waals surface area contributed by atoms with Gasteiger partial charge in [-0.05, 0) is 23.1 Å². The van der Waals surface area contributed by atoms with Crippen LogP contribution in [0.15, 0.2) is 67.3 Å². The van der Waals surface area contributed by atoms with Crippen LogP contribution in [0.4, 0.5) is 0 Å². The maximum absolute atomic E-state index is 3.63. The molecule has 0 unspecified atom stereocenters. The second-order valence-electron chi connectivity index (χ2n) is 3.92. The molecule has 88 valence electrons. The predicted octanol–water partition coefficient (Wildman–Crippen LogP) is 4.67. The second kappa shape index (κ2) is 7.29. The highest BCUT2D eigenvalue weighted by atomic mass is 14.0. The lowest BCUT2D eigenvalue weighted by molar-refractivity contribution is 1.31. The normalized spacial score (nSPS) is 10.7. The first-order valence-electron chi connectivity index (χ1n) is 5.82. The van der Waals surface area contributed by atoms with Gasteiger partial charge in [-0.15, -0.1) is 0 Å². The Morgan fingerprint density at radius 3 is 2.17 bits per heavy atom. The highest BCUT2D eigenvalue weighted by molar-refractivity contribution is 5.59. The van der Waals surface area contributed by atoms with E-state index in [-0.39, 0.29) is 7.43 Å². The summed E-state index contributed by atoms with van der Waals surface area (Å²) in [5, 5.41) is 0. The van der Waals surface area contributed by atoms with Crippen molar-refractivity contribution in [3.05, 3.63) is 91.4 Å². The molecule has 1 aliphatic carbocycles. The highest BCUT2D eigenvalue weighted by Crippen LogP contribution is 2.17. The van der Waals surface area contributed by atoms with E-state index in [1.165, 1.54) is 16.7 Å². The summed E-state index contributed by atoms with van der Waals surface area (Å²) in [7, 11) is 0. The molecule has 0 heterocycles. The largest absolute Gasteiger partial charge is 0.0985 e. The summed E-state index contributed by atoms with van der Waals surface area (Å²) in [5.41, 5.74) is 4.02. The standard InChI is InChI=1S/C9H8.C8H8.C/c1-2-5-9-7-3-6-8(9)4-1;1-2-8-6-4-3-5-7-8;/h1-6H,7H2;2-7H,1H2;. The van der Waals surface area contributed by atoms with Crippen LogP contribution in [-0.4, -0.2) is 0 Å². The van der Waals surface area contributed by atoms with Gasteiger partial charge >= 0.3 is 0 Å². The van der Waals surface area contributed by atoms with Crippen molar-refractivity contribution in [2.24, 2.45) is 0 Å². The maximum Gasteiger partial charge on any atom is 0 e. The number of fused-ring (bicyclic) bond motifs is 1. The Morgan fingerprint density at radius 1 is 0.889 bits per heavy atom. The molecule has 0 saturated heterocycles. The first kappa shape index (κ1) is 14.0. The van der Waals surface area contributed by atoms with Gasteiger partial charge in [0.15, 0.2) is 0 Å². The average molecular weight is 232 g/mol. The molecule has 0 nitrogen and oxygen atoms in total. The maximum atomic E-state index is 3.63. The van der Waals surface area contributed by atoms with Gasteiger partial charge in [0, 0.05) is 7.43 Å². The van der Waals surface area contributed by atoms with Gasteiger partial charge in [-0.25, -0.2) is 0 Å². The second-order valence-corrected chi connectivity index (χ2v) is 3.92. The van der Waals surface area contributed by atoms with Crippen molar-refractivity contribution >= 4 is 12.2 Å². The van der Waals surface area contributed by atoms with Crippen molar-refractivity contribution in [2.45, 2.75) is 6.42 Å². The van der Waals surface area contributed by atoms with Crippen molar-refractivity contribution in [1.29, 1.82) is 0 Å². The molecule has 0 N–H and O–H groups in total. The quantitative estimate of drug-likeness (QED) is 0.670. The summed E-state index contributed by atoms with van der Waals surface area (Å²) in [4.78, 5) is 0. The minimum absolute atomic E-state index is 0. The van der Waals surface area contributed by atoms with Crippen molar-refractivity contribution in [1.82, 2.24) is 0 Å². The van der Waals surface area contributed by atoms with Crippen LogP contribution in [-0.2, 0) is 6.42 Å². The SMILES string of the molecule is C1=Cc2ccccc2C1.C=Cc1ccccc1.[C]. The summed E-state index contributed by atoms with van der Waals surface area (Å²) >= 11 is 0. The number of rotatable bonds is 1. The molecule has 0 aromatic heterocycles. The Morgan fingerprint density at radius 2 is 1.56 bits per heavy atom. The number of hydrogen-bond donors (Lipinski definition) is 0. The zero-order valence-corrected chi connectivity index (χ0v) is 10.3. The van der Waals surface area contributed by atoms with Gasteiger partial charge in [0.2, 0.25) is 0 Å². The number of hydrogen-bond acceptors (Lipinski definition) is 0. The van der Waals surface area contributed by atoms with Crippen LogP contribution in [0.1, 0.15) is 16.7 Å². The van der Waals surface area contributed by atoms with E-state index in [1.54, 1.807) is 0 Å². The van der Waals surface area contributed by atoms with Gasteiger partial charge in [-0.3, -0.25) is 0 Å². The lowest BCUT2D eigenvalue weighted by Gasteiger charge is -1.93. The van der Waals surface area contributed by atoms with Crippen LogP contribution in [0, 0.1) is 7.43 Å². The first-order valence-corrected chi connectivity index (χ1v) is 5.82. The van der Waals surface area contributed by atoms with E-state index < -0.39 is 0 Å². The summed E-state index contributed by atoms with van der Waals surface area (Å²) in [6.07, 6.45) is 7.33. The lowest BCUT2D eigenvalue weighted by atomic mass is 10.1. The van der Waals surface area contributed by atoms with Crippen molar-refractivity contribution < 1.29 is 0 Å². The minimum atomic E-state index is 0. The molecule has 0 spiro atoms. The molecule has 0 heteroatoms. The highest BCUT2D eigenvalue weighted by Gasteiger charge is 2.00. The molecule has 0 aliphatic heterocycles. The molecule has 0 atom stereocenters. The zero-order valence-electron chi connectivity index (χ0n) is 10.3. The molecular formula is C18H16. The van der Waals surface area contributed by atoms with Gasteiger partial charge in [-0.2, -0.15) is 0 Å². The summed E-state index contributed by atoms with van der Waals surface area (Å²) < 4.78 is 0. The van der Waals surface area contributed by atoms with E-state index in [9.17, 15) is 0 Å². The monoisotopic (exact) mass is 232 g/mol. The Balaban J connectivity index is 0.000000172. The summed E-state index contributed by atoms with van der Waals surface area (Å²) in [6.45, 7) is 3.63. The van der Waals surface area contributed by atoms with Crippen LogP contribution in [0.25, 0.3) is 12.2 Å². The topological polar surface area (TPSA) is 0 Å². The Hall–Kier alpha value is -2.08. The third-order valence-electron chi connectivity index (χ3n) is 2.73. The van der Waals surface area contributed by atoms with E-state index in [2.05, 4.69) is 43.0 Å². The fourth-order valence-electron chi connectivity index (χ4n) is 1.78. The van der Waals surface area contributed by atoms with Crippen LogP contribution >= 0.6 is 0 Å². The molecule has 4 radical (unpaired) electrons. The molecule has 0 amide bonds. The van der Waals surface area contributed by atoms with Crippen molar-refractivity contribution in [3.63, 3.8) is 0 Å². The Labute approximate surface area is 110 Å². The molecular weight excluding hydrogens is 216 g/mol. The van der Waals surface area contributed by atoms with Gasteiger partial charge in [0.1, 0.15) is 0 Å². The molecule has 0 saturated carbocycles. The summed E-state index contributed by atoms with van der Waals surface area (Å²) in [6, 6.07) is 18.5. The molecule has 0 bridgehead atoms. The lowest BCUT2D eigenvalue weighted by Crippen LogP contribution is -1.76. The van der Waals surface area contributed by atoms with Gasteiger partial charge in [0.05, 0.1) is 0 Å². The van der Waals surface area contributed by atoms with Crippen LogP contribution in [0.5, 0.6) is 0 Å². The molecule has 1 aliphatic rings. The van der Waals surface area contributed by atoms with E-state index in [0.717, 1.165) is 6.42 Å². The van der Waals surface area contributed by atoms with Crippen LogP contribution in [0.3, 0.4) is 0 Å². The van der Waals surface area contributed by atoms with Gasteiger partial charge < -0.3 is 0 Å². The third-order valence-corrected chi connectivity index (χ3v) is 2.73. The minimum Gasteiger partial charge on any atom is -0.0985 e. The van der Waals surface area contributed by atoms with E-state index in [1.807, 2.05) is 36.4 Å². The fourth-order valence-corrected chi connectivity index (χ4v) is 1.78. The van der Waals surface area contributed by atoms with Gasteiger partial charge in [-0.1, -0.05) is 79.4 Å². The summed E-state index contributed by atoms with van der Waals surface area (Å²) in [5.74, 6) is 0. The van der Waals surface area contributed by atoms with Gasteiger partial charge in [0.25, 0.3) is 0 Å². The van der Waals surface area contributed by atoms with Crippen LogP contribution < -0.4 is 0 Å². The Bertz CT molecular complexity index is 507. The molecule has 3 rings (SSSR count). The average Bonchev–Trinajstić information content (AvgIpc) is 2.89. The molecule has 2 aromatic carbocycles. The zero-order chi connectivity index (χ0) is 11.9. The van der Waals surface area contributed by atoms with E-state index in [4.69, 9.17) is 0 Å². The Kier molecular flexibility index (Phi) is 5.66. The smallest absolute Gasteiger partial charge is 0 e. The van der Waals surface area contributed by atoms with E-state index in [0.29, 0.717) is 0 Å². The number of benzene rings is 2. The number of allylic oxidation sites excluding steroid dienone is 1. The predicted molar refractivity (Wildman–Crippen MR) is 79.0 cm³/mol. The van der Waals surface area contributed by atoms with Crippen LogP contribution in [0.2, 0.25) is 0 Å². The first-order chi connectivity index (χ1) is 8.40. The van der Waals surface area contributed by atoms with Crippen molar-refractivity contribution in [2.75, 3.05) is 0 Å². The van der Waals surface area contributed by atoms with E-state index >= 15 is 0 Å². The molecule has 18 heavy (non-hydrogen) atoms. The third kappa shape index (κ3) is 3.74.